The fraction of sp³-hybridized carbons (Fsp3) is 0.549. The third-order valence-electron chi connectivity index (χ3n) is 17.2. The molecular formula is C51H59NO8. The van der Waals surface area contributed by atoms with Gasteiger partial charge in [-0.1, -0.05) is 60.2 Å². The van der Waals surface area contributed by atoms with E-state index < -0.39 is 23.4 Å². The van der Waals surface area contributed by atoms with Crippen LogP contribution in [-0.4, -0.2) is 68.8 Å². The van der Waals surface area contributed by atoms with E-state index >= 15 is 0 Å². The van der Waals surface area contributed by atoms with Crippen LogP contribution in [0.2, 0.25) is 0 Å². The van der Waals surface area contributed by atoms with Gasteiger partial charge in [-0.05, 0) is 138 Å². The van der Waals surface area contributed by atoms with Gasteiger partial charge in [0, 0.05) is 61.1 Å². The summed E-state index contributed by atoms with van der Waals surface area (Å²) >= 11 is 0. The van der Waals surface area contributed by atoms with Gasteiger partial charge in [-0.15, -0.1) is 0 Å². The SMILES string of the molecule is COc1cc([C@H]2CC(=O)C[C@H](O)C3[C@H](C#C[C@H]2Cc2ccccc2)CN[C@H]2CC[C@]45C[C@]6(CCC[C@@H]6C=C4CCCO)[C@H]4C[C@H]5[C@@]32c2cc(O)c(O)cc24)c(CO)cc1O. The average molecular weight is 814 g/mol. The fourth-order valence-electron chi connectivity index (χ4n) is 15.1. The molecule has 9 heteroatoms. The third kappa shape index (κ3) is 5.77. The summed E-state index contributed by atoms with van der Waals surface area (Å²) in [7, 11) is 1.48. The summed E-state index contributed by atoms with van der Waals surface area (Å²) in [6.45, 7) is 0.326. The first-order valence-corrected chi connectivity index (χ1v) is 22.4. The molecule has 0 radical (unpaired) electrons. The number of rotatable bonds is 8. The molecule has 4 bridgehead atoms. The number of hydrogen-bond acceptors (Lipinski definition) is 9. The first-order valence-electron chi connectivity index (χ1n) is 22.4. The van der Waals surface area contributed by atoms with Crippen LogP contribution in [0.1, 0.15) is 110 Å². The van der Waals surface area contributed by atoms with Gasteiger partial charge in [0.25, 0.3) is 0 Å². The van der Waals surface area contributed by atoms with E-state index in [-0.39, 0.29) is 95.4 Å². The second kappa shape index (κ2) is 14.9. The Hall–Kier alpha value is -4.33. The number of nitrogens with one attached hydrogen (secondary N) is 1. The number of fused-ring (bicyclic) bond motifs is 4. The summed E-state index contributed by atoms with van der Waals surface area (Å²) in [4.78, 5) is 14.8. The van der Waals surface area contributed by atoms with Gasteiger partial charge in [0.15, 0.2) is 23.0 Å². The van der Waals surface area contributed by atoms with Gasteiger partial charge in [0.1, 0.15) is 5.78 Å². The van der Waals surface area contributed by atoms with E-state index in [2.05, 4.69) is 35.4 Å². The Labute approximate surface area is 352 Å². The highest BCUT2D eigenvalue weighted by Gasteiger charge is 2.74. The summed E-state index contributed by atoms with van der Waals surface area (Å²) in [6, 6.07) is 17.0. The minimum absolute atomic E-state index is 0.0437. The van der Waals surface area contributed by atoms with Crippen LogP contribution in [-0.2, 0) is 23.2 Å². The lowest BCUT2D eigenvalue weighted by atomic mass is 9.31. The molecule has 7 N–H and O–H groups in total. The van der Waals surface area contributed by atoms with Gasteiger partial charge in [-0.2, -0.15) is 0 Å². The molecule has 6 aliphatic carbocycles. The molecule has 1 aliphatic heterocycles. The van der Waals surface area contributed by atoms with Crippen LogP contribution in [0.25, 0.3) is 0 Å². The van der Waals surface area contributed by atoms with Crippen molar-refractivity contribution in [1.82, 2.24) is 5.32 Å². The number of aliphatic hydroxyl groups is 3. The van der Waals surface area contributed by atoms with Gasteiger partial charge in [-0.3, -0.25) is 4.79 Å². The third-order valence-corrected chi connectivity index (χ3v) is 17.2. The van der Waals surface area contributed by atoms with Crippen molar-refractivity contribution < 1.29 is 40.2 Å². The van der Waals surface area contributed by atoms with Crippen LogP contribution in [0, 0.1) is 52.3 Å². The molecule has 3 aromatic rings. The van der Waals surface area contributed by atoms with Crippen LogP contribution in [0.3, 0.4) is 0 Å². The predicted molar refractivity (Wildman–Crippen MR) is 227 cm³/mol. The number of methoxy groups -OCH3 is 1. The molecule has 316 valence electrons. The number of carbonyl (C=O) groups excluding carboxylic acids is 1. The molecule has 7 aliphatic rings. The van der Waals surface area contributed by atoms with E-state index in [0.717, 1.165) is 68.1 Å². The van der Waals surface area contributed by atoms with Gasteiger partial charge in [-0.25, -0.2) is 0 Å². The van der Waals surface area contributed by atoms with Crippen molar-refractivity contribution in [3.63, 3.8) is 0 Å². The molecule has 0 amide bonds. The number of hydrogen-bond donors (Lipinski definition) is 7. The highest BCUT2D eigenvalue weighted by Crippen LogP contribution is 2.79. The summed E-state index contributed by atoms with van der Waals surface area (Å²) in [5.41, 5.74) is 5.00. The summed E-state index contributed by atoms with van der Waals surface area (Å²) in [5, 5.41) is 71.2. The molecule has 3 spiro atoms. The van der Waals surface area contributed by atoms with Crippen LogP contribution >= 0.6 is 0 Å². The van der Waals surface area contributed by atoms with E-state index in [9.17, 15) is 35.4 Å². The Morgan fingerprint density at radius 3 is 2.53 bits per heavy atom. The Morgan fingerprint density at radius 1 is 0.933 bits per heavy atom. The second-order valence-corrected chi connectivity index (χ2v) is 19.5. The fourth-order valence-corrected chi connectivity index (χ4v) is 15.1. The van der Waals surface area contributed by atoms with Gasteiger partial charge in [0.05, 0.1) is 19.8 Å². The lowest BCUT2D eigenvalue weighted by Crippen LogP contribution is -2.75. The van der Waals surface area contributed by atoms with Gasteiger partial charge in [0.2, 0.25) is 0 Å². The Bertz CT molecular complexity index is 2280. The molecule has 1 saturated heterocycles. The van der Waals surface area contributed by atoms with Crippen LogP contribution < -0.4 is 10.1 Å². The van der Waals surface area contributed by atoms with E-state index in [4.69, 9.17) is 4.74 Å². The number of aromatic hydroxyl groups is 3. The summed E-state index contributed by atoms with van der Waals surface area (Å²) in [5.74, 6) is 6.40. The zero-order valence-corrected chi connectivity index (χ0v) is 34.6. The van der Waals surface area contributed by atoms with E-state index in [1.807, 2.05) is 30.3 Å². The maximum Gasteiger partial charge on any atom is 0.160 e. The van der Waals surface area contributed by atoms with Crippen molar-refractivity contribution in [2.24, 2.45) is 40.4 Å². The van der Waals surface area contributed by atoms with Crippen molar-refractivity contribution in [1.29, 1.82) is 0 Å². The molecular weight excluding hydrogens is 755 g/mol. The number of Topliss-reactive ketones (excluding diaryl/α,β-unsaturated/α-hetero) is 1. The van der Waals surface area contributed by atoms with E-state index in [1.165, 1.54) is 18.7 Å². The Morgan fingerprint density at radius 2 is 1.75 bits per heavy atom. The van der Waals surface area contributed by atoms with Crippen LogP contribution in [0.4, 0.5) is 0 Å². The predicted octanol–water partition coefficient (Wildman–Crippen LogP) is 6.90. The van der Waals surface area contributed by atoms with Gasteiger partial charge >= 0.3 is 0 Å². The lowest BCUT2D eigenvalue weighted by molar-refractivity contribution is -0.158. The number of ketones is 1. The molecule has 0 aromatic heterocycles. The van der Waals surface area contributed by atoms with Gasteiger partial charge < -0.3 is 40.7 Å². The number of phenols is 3. The highest BCUT2D eigenvalue weighted by molar-refractivity contribution is 5.80. The monoisotopic (exact) mass is 813 g/mol. The van der Waals surface area contributed by atoms with Crippen LogP contribution in [0.15, 0.2) is 66.2 Å². The molecule has 10 rings (SSSR count). The van der Waals surface area contributed by atoms with Crippen molar-refractivity contribution in [2.75, 3.05) is 20.3 Å². The van der Waals surface area contributed by atoms with Crippen LogP contribution in [0.5, 0.6) is 23.0 Å². The number of phenolic OH excluding ortho intramolecular Hbond substituents is 3. The zero-order valence-electron chi connectivity index (χ0n) is 34.6. The highest BCUT2D eigenvalue weighted by atomic mass is 16.5. The largest absolute Gasteiger partial charge is 0.504 e. The lowest BCUT2D eigenvalue weighted by Gasteiger charge is -2.74. The van der Waals surface area contributed by atoms with Crippen molar-refractivity contribution in [3.8, 4) is 34.8 Å². The first kappa shape index (κ1) is 39.8. The minimum atomic E-state index is -1.04. The van der Waals surface area contributed by atoms with Crippen molar-refractivity contribution in [3.05, 3.63) is 94.1 Å². The van der Waals surface area contributed by atoms with E-state index in [0.29, 0.717) is 36.4 Å². The number of benzene rings is 3. The zero-order chi connectivity index (χ0) is 41.6. The number of carbonyl (C=O) groups is 1. The Kier molecular flexibility index (Phi) is 9.91. The standard InChI is InChI=1S/C51H59NO8/c1-60-45-23-37(32(27-54)18-43(45)58)36-20-35(55)21-44(59)48-31(12-11-30(36)17-29-7-3-2-4-8-29)26-52-47-13-15-50-28-49(14-5-9-33(49)19-34(50)10-6-16-53)39-25-46(50)51(47,48)40-24-42(57)41(56)22-38(39)40/h2-4,7-8,18-19,22-24,30-31,33,36,39,44,46-48,52-54,56-59H,5-6,9-10,13-17,20-21,25-28H2,1H3/t30-,31+,33+,36-,39-,44-,46+,47-,48?,49-,50-,51+/m0/s1. The summed E-state index contributed by atoms with van der Waals surface area (Å²) in [6.07, 6.45) is 10.9. The number of aliphatic hydroxyl groups excluding tert-OH is 3. The molecule has 3 saturated carbocycles. The normalized spacial score (nSPS) is 37.3. The maximum atomic E-state index is 14.8. The topological polar surface area (TPSA) is 160 Å². The second-order valence-electron chi connectivity index (χ2n) is 19.5. The molecule has 4 fully saturated rings. The smallest absolute Gasteiger partial charge is 0.160 e. The molecule has 3 aromatic carbocycles. The Balaban J connectivity index is 1.18. The van der Waals surface area contributed by atoms with Crippen molar-refractivity contribution >= 4 is 5.78 Å². The quantitative estimate of drug-likeness (QED) is 0.0730. The molecule has 1 heterocycles. The average Bonchev–Trinajstić information content (AvgIpc) is 3.65. The maximum absolute atomic E-state index is 14.8. The van der Waals surface area contributed by atoms with Crippen molar-refractivity contribution in [2.45, 2.75) is 113 Å². The number of ether oxygens (including phenoxy) is 1. The number of piperidine rings is 1. The molecule has 9 nitrogen and oxygen atoms in total. The summed E-state index contributed by atoms with van der Waals surface area (Å²) < 4.78 is 5.54. The minimum Gasteiger partial charge on any atom is -0.504 e. The molecule has 60 heavy (non-hydrogen) atoms. The molecule has 12 atom stereocenters. The number of allylic oxidation sites excluding steroid dienone is 2. The molecule has 1 unspecified atom stereocenters. The van der Waals surface area contributed by atoms with E-state index in [1.54, 1.807) is 6.07 Å². The first-order chi connectivity index (χ1) is 29.1.